The van der Waals surface area contributed by atoms with E-state index in [2.05, 4.69) is 10.6 Å². The second-order valence-electron chi connectivity index (χ2n) is 6.72. The van der Waals surface area contributed by atoms with Crippen molar-refractivity contribution in [2.75, 3.05) is 23.8 Å². The number of para-hydroxylation sites is 1. The van der Waals surface area contributed by atoms with E-state index in [1.165, 1.54) is 0 Å². The van der Waals surface area contributed by atoms with E-state index in [1.54, 1.807) is 36.4 Å². The minimum Gasteiger partial charge on any atom is -0.493 e. The topological polar surface area (TPSA) is 76.7 Å². The maximum absolute atomic E-state index is 12.6. The van der Waals surface area contributed by atoms with Crippen molar-refractivity contribution in [2.24, 2.45) is 5.41 Å². The molecule has 0 fully saturated rings. The molecule has 1 heterocycles. The monoisotopic (exact) mass is 354 g/mol. The molecule has 0 atom stereocenters. The Morgan fingerprint density at radius 2 is 2.04 bits per heavy atom. The zero-order valence-corrected chi connectivity index (χ0v) is 15.1. The summed E-state index contributed by atoms with van der Waals surface area (Å²) in [6.45, 7) is 6.27. The Morgan fingerprint density at radius 3 is 2.81 bits per heavy atom. The summed E-state index contributed by atoms with van der Waals surface area (Å²) in [5, 5.41) is 5.70. The second kappa shape index (κ2) is 7.07. The summed E-state index contributed by atoms with van der Waals surface area (Å²) in [5.41, 5.74) is 0.921. The Morgan fingerprint density at radius 1 is 1.27 bits per heavy atom. The average Bonchev–Trinajstić information content (AvgIpc) is 2.72. The molecule has 0 saturated heterocycles. The quantitative estimate of drug-likeness (QED) is 0.878. The van der Waals surface area contributed by atoms with Gasteiger partial charge in [0.2, 0.25) is 5.91 Å². The van der Waals surface area contributed by atoms with Crippen LogP contribution in [0.5, 0.6) is 11.5 Å². The first-order chi connectivity index (χ1) is 12.4. The van der Waals surface area contributed by atoms with Crippen molar-refractivity contribution < 1.29 is 19.1 Å². The number of ether oxygens (including phenoxy) is 2. The van der Waals surface area contributed by atoms with Crippen LogP contribution in [0.1, 0.15) is 31.1 Å². The van der Waals surface area contributed by atoms with E-state index >= 15 is 0 Å². The van der Waals surface area contributed by atoms with Crippen LogP contribution in [-0.2, 0) is 4.79 Å². The summed E-state index contributed by atoms with van der Waals surface area (Å²) in [5.74, 6) is 0.703. The number of hydrogen-bond donors (Lipinski definition) is 2. The lowest BCUT2D eigenvalue weighted by Gasteiger charge is -2.18. The first-order valence-electron chi connectivity index (χ1n) is 8.52. The molecule has 0 aliphatic carbocycles. The fourth-order valence-electron chi connectivity index (χ4n) is 2.58. The zero-order valence-electron chi connectivity index (χ0n) is 15.1. The number of rotatable bonds is 4. The Balaban J connectivity index is 1.82. The number of nitrogens with one attached hydrogen (secondary N) is 2. The largest absolute Gasteiger partial charge is 0.493 e. The fourth-order valence-corrected chi connectivity index (χ4v) is 2.58. The highest BCUT2D eigenvalue weighted by Crippen LogP contribution is 2.34. The molecule has 6 nitrogen and oxygen atoms in total. The predicted octanol–water partition coefficient (Wildman–Crippen LogP) is 3.69. The van der Waals surface area contributed by atoms with Crippen LogP contribution in [0, 0.1) is 5.41 Å². The normalized spacial score (nSPS) is 15.1. The Hall–Kier alpha value is -3.02. The van der Waals surface area contributed by atoms with Gasteiger partial charge in [0.05, 0.1) is 23.3 Å². The second-order valence-corrected chi connectivity index (χ2v) is 6.72. The van der Waals surface area contributed by atoms with Gasteiger partial charge in [0.1, 0.15) is 18.1 Å². The molecule has 2 amide bonds. The highest BCUT2D eigenvalue weighted by atomic mass is 16.5. The Bertz CT molecular complexity index is 845. The molecule has 0 radical (unpaired) electrons. The third kappa shape index (κ3) is 3.64. The van der Waals surface area contributed by atoms with Crippen LogP contribution in [0.2, 0.25) is 0 Å². The van der Waals surface area contributed by atoms with E-state index in [4.69, 9.17) is 9.47 Å². The maximum atomic E-state index is 12.6. The molecular formula is C20H22N2O4. The van der Waals surface area contributed by atoms with E-state index < -0.39 is 5.41 Å². The molecule has 0 bridgehead atoms. The number of benzene rings is 2. The van der Waals surface area contributed by atoms with E-state index in [1.807, 2.05) is 26.8 Å². The smallest absolute Gasteiger partial charge is 0.259 e. The first kappa shape index (κ1) is 17.8. The minimum atomic E-state index is -0.626. The molecule has 3 rings (SSSR count). The lowest BCUT2D eigenvalue weighted by Crippen LogP contribution is -2.33. The number of hydrogen-bond acceptors (Lipinski definition) is 4. The van der Waals surface area contributed by atoms with Gasteiger partial charge < -0.3 is 20.1 Å². The van der Waals surface area contributed by atoms with Gasteiger partial charge in [0.25, 0.3) is 5.91 Å². The Labute approximate surface area is 152 Å². The molecule has 0 spiro atoms. The van der Waals surface area contributed by atoms with Crippen molar-refractivity contribution in [1.82, 2.24) is 0 Å². The van der Waals surface area contributed by atoms with Crippen LogP contribution < -0.4 is 20.1 Å². The third-order valence-corrected chi connectivity index (χ3v) is 4.12. The van der Waals surface area contributed by atoms with Crippen LogP contribution in [0.3, 0.4) is 0 Å². The molecule has 2 aromatic rings. The number of carbonyl (C=O) groups is 2. The molecule has 1 aliphatic heterocycles. The standard InChI is InChI=1S/C20H22N2O4/c1-4-25-16-8-6-5-7-14(16)18(23)21-13-9-10-17-15(11-13)22-19(24)20(2,3)12-26-17/h5-11H,4,12H2,1-3H3,(H,21,23)(H,22,24). The third-order valence-electron chi connectivity index (χ3n) is 4.12. The molecule has 6 heteroatoms. The molecule has 1 aliphatic rings. The predicted molar refractivity (Wildman–Crippen MR) is 99.9 cm³/mol. The fraction of sp³-hybridized carbons (Fsp3) is 0.300. The Kier molecular flexibility index (Phi) is 4.84. The zero-order chi connectivity index (χ0) is 18.7. The lowest BCUT2D eigenvalue weighted by atomic mass is 9.94. The SMILES string of the molecule is CCOc1ccccc1C(=O)Nc1ccc2c(c1)NC(=O)C(C)(C)CO2. The minimum absolute atomic E-state index is 0.124. The van der Waals surface area contributed by atoms with Gasteiger partial charge in [0, 0.05) is 5.69 Å². The molecule has 0 saturated carbocycles. The van der Waals surface area contributed by atoms with Crippen molar-refractivity contribution in [1.29, 1.82) is 0 Å². The average molecular weight is 354 g/mol. The molecule has 2 aromatic carbocycles. The number of amides is 2. The van der Waals surface area contributed by atoms with Crippen LogP contribution in [0.4, 0.5) is 11.4 Å². The number of carbonyl (C=O) groups excluding carboxylic acids is 2. The summed E-state index contributed by atoms with van der Waals surface area (Å²) in [7, 11) is 0. The van der Waals surface area contributed by atoms with Crippen molar-refractivity contribution >= 4 is 23.2 Å². The van der Waals surface area contributed by atoms with Gasteiger partial charge in [-0.3, -0.25) is 9.59 Å². The summed E-state index contributed by atoms with van der Waals surface area (Å²) in [6.07, 6.45) is 0. The van der Waals surface area contributed by atoms with Crippen LogP contribution >= 0.6 is 0 Å². The summed E-state index contributed by atoms with van der Waals surface area (Å²) in [6, 6.07) is 12.2. The summed E-state index contributed by atoms with van der Waals surface area (Å²) >= 11 is 0. The highest BCUT2D eigenvalue weighted by molar-refractivity contribution is 6.07. The van der Waals surface area contributed by atoms with Crippen LogP contribution in [-0.4, -0.2) is 25.0 Å². The molecule has 0 unspecified atom stereocenters. The van der Waals surface area contributed by atoms with Crippen LogP contribution in [0.25, 0.3) is 0 Å². The van der Waals surface area contributed by atoms with Gasteiger partial charge >= 0.3 is 0 Å². The van der Waals surface area contributed by atoms with Crippen molar-refractivity contribution in [3.8, 4) is 11.5 Å². The van der Waals surface area contributed by atoms with Crippen molar-refractivity contribution in [3.05, 3.63) is 48.0 Å². The molecule has 2 N–H and O–H groups in total. The van der Waals surface area contributed by atoms with Crippen LogP contribution in [0.15, 0.2) is 42.5 Å². The number of fused-ring (bicyclic) bond motifs is 1. The van der Waals surface area contributed by atoms with Crippen molar-refractivity contribution in [2.45, 2.75) is 20.8 Å². The van der Waals surface area contributed by atoms with Gasteiger partial charge in [-0.25, -0.2) is 0 Å². The summed E-state index contributed by atoms with van der Waals surface area (Å²) in [4.78, 5) is 24.9. The lowest BCUT2D eigenvalue weighted by molar-refractivity contribution is -0.124. The molecule has 136 valence electrons. The van der Waals surface area contributed by atoms with E-state index in [0.717, 1.165) is 0 Å². The van der Waals surface area contributed by atoms with Gasteiger partial charge in [0.15, 0.2) is 0 Å². The van der Waals surface area contributed by atoms with E-state index in [-0.39, 0.29) is 11.8 Å². The van der Waals surface area contributed by atoms with E-state index in [9.17, 15) is 9.59 Å². The van der Waals surface area contributed by atoms with E-state index in [0.29, 0.717) is 41.7 Å². The summed E-state index contributed by atoms with van der Waals surface area (Å²) < 4.78 is 11.2. The number of anilines is 2. The molecule has 26 heavy (non-hydrogen) atoms. The van der Waals surface area contributed by atoms with Gasteiger partial charge in [-0.1, -0.05) is 12.1 Å². The molecule has 0 aromatic heterocycles. The van der Waals surface area contributed by atoms with Crippen molar-refractivity contribution in [3.63, 3.8) is 0 Å². The maximum Gasteiger partial charge on any atom is 0.259 e. The van der Waals surface area contributed by atoms with Gasteiger partial charge in [-0.15, -0.1) is 0 Å². The molecular weight excluding hydrogens is 332 g/mol. The first-order valence-corrected chi connectivity index (χ1v) is 8.52. The van der Waals surface area contributed by atoms with Gasteiger partial charge in [-0.2, -0.15) is 0 Å². The highest BCUT2D eigenvalue weighted by Gasteiger charge is 2.32. The van der Waals surface area contributed by atoms with Gasteiger partial charge in [-0.05, 0) is 51.1 Å².